The summed E-state index contributed by atoms with van der Waals surface area (Å²) in [5.74, 6) is -5.78. The molecule has 0 aliphatic heterocycles. The van der Waals surface area contributed by atoms with Crippen molar-refractivity contribution in [1.29, 1.82) is 0 Å². The van der Waals surface area contributed by atoms with Gasteiger partial charge in [-0.15, -0.1) is 11.8 Å². The molecule has 0 bridgehead atoms. The van der Waals surface area contributed by atoms with Crippen LogP contribution in [0.1, 0.15) is 12.8 Å². The zero-order chi connectivity index (χ0) is 13.6. The van der Waals surface area contributed by atoms with Gasteiger partial charge in [-0.2, -0.15) is 0 Å². The average molecular weight is 266 g/mol. The molecule has 0 rings (SSSR count). The van der Waals surface area contributed by atoms with Crippen LogP contribution in [0, 0.1) is 0 Å². The van der Waals surface area contributed by atoms with Gasteiger partial charge in [-0.1, -0.05) is 0 Å². The lowest BCUT2D eigenvalue weighted by atomic mass is 10.3. The Morgan fingerprint density at radius 1 is 0.765 bits per heavy atom. The van der Waals surface area contributed by atoms with Gasteiger partial charge in [0.15, 0.2) is 0 Å². The quantitative estimate of drug-likeness (QED) is 0.459. The molecular formula is C8H10O8S. The maximum absolute atomic E-state index is 10.7. The predicted octanol–water partition coefficient (Wildman–Crippen LogP) is -0.425. The molecule has 0 unspecified atom stereocenters. The van der Waals surface area contributed by atoms with E-state index in [1.165, 1.54) is 0 Å². The van der Waals surface area contributed by atoms with E-state index in [2.05, 4.69) is 0 Å². The first kappa shape index (κ1) is 15.2. The van der Waals surface area contributed by atoms with Crippen molar-refractivity contribution in [3.05, 3.63) is 0 Å². The standard InChI is InChI=1S/C8H10O8S/c9-5(10)1-3(7(13)14)17-4(8(15)16)2-6(11)12/h3-4H,1-2H2,(H,9,10)(H,11,12)(H,13,14)(H,15,16)/t3-,4-/m1/s1. The van der Waals surface area contributed by atoms with Crippen molar-refractivity contribution < 1.29 is 39.6 Å². The van der Waals surface area contributed by atoms with E-state index in [-0.39, 0.29) is 0 Å². The minimum Gasteiger partial charge on any atom is -0.481 e. The van der Waals surface area contributed by atoms with E-state index in [4.69, 9.17) is 20.4 Å². The highest BCUT2D eigenvalue weighted by Gasteiger charge is 2.30. The zero-order valence-electron chi connectivity index (χ0n) is 8.40. The van der Waals surface area contributed by atoms with Crippen molar-refractivity contribution in [3.8, 4) is 0 Å². The van der Waals surface area contributed by atoms with Crippen LogP contribution in [0.3, 0.4) is 0 Å². The Morgan fingerprint density at radius 2 is 1.06 bits per heavy atom. The first-order valence-corrected chi connectivity index (χ1v) is 5.23. The fourth-order valence-corrected chi connectivity index (χ4v) is 2.01. The van der Waals surface area contributed by atoms with Gasteiger partial charge < -0.3 is 20.4 Å². The Labute approximate surface area is 99.2 Å². The van der Waals surface area contributed by atoms with E-state index in [9.17, 15) is 19.2 Å². The highest BCUT2D eigenvalue weighted by Crippen LogP contribution is 2.24. The van der Waals surface area contributed by atoms with Crippen molar-refractivity contribution in [2.45, 2.75) is 23.3 Å². The van der Waals surface area contributed by atoms with Gasteiger partial charge in [0.1, 0.15) is 10.5 Å². The van der Waals surface area contributed by atoms with E-state index >= 15 is 0 Å². The lowest BCUT2D eigenvalue weighted by Crippen LogP contribution is -2.28. The van der Waals surface area contributed by atoms with Crippen LogP contribution in [0.4, 0.5) is 0 Å². The fourth-order valence-electron chi connectivity index (χ4n) is 0.903. The van der Waals surface area contributed by atoms with Crippen molar-refractivity contribution in [3.63, 3.8) is 0 Å². The topological polar surface area (TPSA) is 149 Å². The van der Waals surface area contributed by atoms with Crippen LogP contribution in [0.5, 0.6) is 0 Å². The number of carbonyl (C=O) groups is 4. The number of rotatable bonds is 8. The van der Waals surface area contributed by atoms with Crippen molar-refractivity contribution in [2.24, 2.45) is 0 Å². The van der Waals surface area contributed by atoms with Gasteiger partial charge in [0.05, 0.1) is 12.8 Å². The molecule has 0 spiro atoms. The molecule has 4 N–H and O–H groups in total. The third-order valence-corrected chi connectivity index (χ3v) is 2.99. The summed E-state index contributed by atoms with van der Waals surface area (Å²) in [6, 6.07) is 0. The summed E-state index contributed by atoms with van der Waals surface area (Å²) in [7, 11) is 0. The Bertz CT molecular complexity index is 306. The van der Waals surface area contributed by atoms with Gasteiger partial charge in [0, 0.05) is 0 Å². The minimum atomic E-state index is -1.49. The zero-order valence-corrected chi connectivity index (χ0v) is 9.22. The van der Waals surface area contributed by atoms with Gasteiger partial charge in [0.2, 0.25) is 0 Å². The normalized spacial score (nSPS) is 13.6. The lowest BCUT2D eigenvalue weighted by molar-refractivity contribution is -0.143. The van der Waals surface area contributed by atoms with Crippen LogP contribution in [0.2, 0.25) is 0 Å². The molecule has 0 aliphatic rings. The molecule has 0 amide bonds. The summed E-state index contributed by atoms with van der Waals surface area (Å²) >= 11 is 0.302. The molecule has 96 valence electrons. The molecular weight excluding hydrogens is 256 g/mol. The first-order valence-electron chi connectivity index (χ1n) is 4.28. The molecule has 0 aliphatic carbocycles. The highest BCUT2D eigenvalue weighted by atomic mass is 32.2. The van der Waals surface area contributed by atoms with Crippen LogP contribution in [0.15, 0.2) is 0 Å². The molecule has 9 heteroatoms. The third kappa shape index (κ3) is 6.40. The smallest absolute Gasteiger partial charge is 0.317 e. The van der Waals surface area contributed by atoms with Crippen molar-refractivity contribution in [1.82, 2.24) is 0 Å². The number of carboxylic acid groups (broad SMARTS) is 4. The maximum Gasteiger partial charge on any atom is 0.317 e. The van der Waals surface area contributed by atoms with E-state index in [0.29, 0.717) is 11.8 Å². The summed E-state index contributed by atoms with van der Waals surface area (Å²) < 4.78 is 0. The van der Waals surface area contributed by atoms with Gasteiger partial charge in [-0.05, 0) is 0 Å². The van der Waals surface area contributed by atoms with Gasteiger partial charge >= 0.3 is 23.9 Å². The molecule has 0 aromatic rings. The molecule has 17 heavy (non-hydrogen) atoms. The monoisotopic (exact) mass is 266 g/mol. The Morgan fingerprint density at radius 3 is 1.24 bits per heavy atom. The Hall–Kier alpha value is -1.77. The molecule has 8 nitrogen and oxygen atoms in total. The second kappa shape index (κ2) is 6.74. The molecule has 2 atom stereocenters. The molecule has 0 fully saturated rings. The third-order valence-electron chi connectivity index (χ3n) is 1.60. The molecule has 0 saturated heterocycles. The summed E-state index contributed by atoms with van der Waals surface area (Å²) in [6.07, 6.45) is -1.55. The van der Waals surface area contributed by atoms with Gasteiger partial charge in [-0.25, -0.2) is 0 Å². The predicted molar refractivity (Wildman–Crippen MR) is 54.9 cm³/mol. The number of hydrogen-bond donors (Lipinski definition) is 4. The van der Waals surface area contributed by atoms with Crippen LogP contribution < -0.4 is 0 Å². The average Bonchev–Trinajstić information content (AvgIpc) is 2.13. The number of carboxylic acids is 4. The van der Waals surface area contributed by atoms with Crippen molar-refractivity contribution >= 4 is 35.6 Å². The summed E-state index contributed by atoms with van der Waals surface area (Å²) in [5.41, 5.74) is 0. The molecule has 0 aromatic heterocycles. The van der Waals surface area contributed by atoms with E-state index in [0.717, 1.165) is 0 Å². The van der Waals surface area contributed by atoms with Gasteiger partial charge in [-0.3, -0.25) is 19.2 Å². The summed E-state index contributed by atoms with van der Waals surface area (Å²) in [6.45, 7) is 0. The van der Waals surface area contributed by atoms with E-state index in [1.807, 2.05) is 0 Å². The molecule has 0 radical (unpaired) electrons. The van der Waals surface area contributed by atoms with Gasteiger partial charge in [0.25, 0.3) is 0 Å². The number of hydrogen-bond acceptors (Lipinski definition) is 5. The maximum atomic E-state index is 10.7. The fraction of sp³-hybridized carbons (Fsp3) is 0.500. The molecule has 0 saturated carbocycles. The van der Waals surface area contributed by atoms with E-state index < -0.39 is 47.2 Å². The first-order chi connectivity index (χ1) is 7.73. The van der Waals surface area contributed by atoms with Crippen molar-refractivity contribution in [2.75, 3.05) is 0 Å². The van der Waals surface area contributed by atoms with Crippen LogP contribution in [-0.4, -0.2) is 54.8 Å². The molecule has 0 aromatic carbocycles. The van der Waals surface area contributed by atoms with Crippen LogP contribution in [-0.2, 0) is 19.2 Å². The Balaban J connectivity index is 4.67. The highest BCUT2D eigenvalue weighted by molar-refractivity contribution is 8.01. The second-order valence-electron chi connectivity index (χ2n) is 2.99. The number of aliphatic carboxylic acids is 4. The summed E-state index contributed by atoms with van der Waals surface area (Å²) in [5, 5.41) is 31.2. The van der Waals surface area contributed by atoms with Crippen LogP contribution >= 0.6 is 11.8 Å². The van der Waals surface area contributed by atoms with E-state index in [1.54, 1.807) is 0 Å². The summed E-state index contributed by atoms with van der Waals surface area (Å²) in [4.78, 5) is 42.0. The Kier molecular flexibility index (Phi) is 6.03. The second-order valence-corrected chi connectivity index (χ2v) is 4.40. The lowest BCUT2D eigenvalue weighted by Gasteiger charge is -2.14. The largest absolute Gasteiger partial charge is 0.481 e. The van der Waals surface area contributed by atoms with Crippen LogP contribution in [0.25, 0.3) is 0 Å². The molecule has 0 heterocycles. The number of thioether (sulfide) groups is 1. The minimum absolute atomic E-state index is 0.302. The SMILES string of the molecule is O=C(O)C[C@@H](S[C@H](CC(=O)O)C(=O)O)C(=O)O.